The maximum Gasteiger partial charge on any atom is 0.416 e. The summed E-state index contributed by atoms with van der Waals surface area (Å²) in [7, 11) is 0. The number of hydrogen-bond donors (Lipinski definition) is 0. The van der Waals surface area contributed by atoms with Crippen molar-refractivity contribution in [3.05, 3.63) is 52.4 Å². The van der Waals surface area contributed by atoms with Crippen LogP contribution in [0.25, 0.3) is 11.2 Å². The fourth-order valence-electron chi connectivity index (χ4n) is 6.99. The number of ether oxygens (including phenoxy) is 1. The van der Waals surface area contributed by atoms with Crippen molar-refractivity contribution in [2.24, 2.45) is 5.92 Å². The smallest absolute Gasteiger partial charge is 0.376 e. The molecule has 4 atom stereocenters. The number of rotatable bonds is 6. The van der Waals surface area contributed by atoms with Gasteiger partial charge in [-0.2, -0.15) is 13.2 Å². The molecule has 3 aliphatic rings. The number of benzene rings is 1. The summed E-state index contributed by atoms with van der Waals surface area (Å²) in [5.74, 6) is -2.27. The first-order chi connectivity index (χ1) is 19.8. The van der Waals surface area contributed by atoms with Crippen molar-refractivity contribution in [2.45, 2.75) is 89.3 Å². The van der Waals surface area contributed by atoms with E-state index in [-0.39, 0.29) is 36.9 Å². The largest absolute Gasteiger partial charge is 0.416 e. The molecule has 6 rings (SSSR count). The second-order valence-corrected chi connectivity index (χ2v) is 12.6. The van der Waals surface area contributed by atoms with E-state index in [9.17, 15) is 22.0 Å². The Hall–Kier alpha value is -2.50. The lowest BCUT2D eigenvalue weighted by molar-refractivity contribution is -0.138. The molecule has 2 aromatic heterocycles. The van der Waals surface area contributed by atoms with Crippen molar-refractivity contribution in [2.75, 3.05) is 24.6 Å². The molecule has 0 radical (unpaired) electrons. The van der Waals surface area contributed by atoms with E-state index in [4.69, 9.17) is 21.3 Å². The van der Waals surface area contributed by atoms with Crippen molar-refractivity contribution in [1.82, 2.24) is 19.4 Å². The van der Waals surface area contributed by atoms with E-state index in [1.165, 1.54) is 12.1 Å². The molecule has 2 saturated heterocycles. The van der Waals surface area contributed by atoms with Crippen molar-refractivity contribution in [1.29, 1.82) is 0 Å². The Morgan fingerprint density at radius 1 is 1.07 bits per heavy atom. The van der Waals surface area contributed by atoms with Crippen LogP contribution in [0.15, 0.2) is 30.3 Å². The van der Waals surface area contributed by atoms with E-state index in [0.717, 1.165) is 48.6 Å². The lowest BCUT2D eigenvalue weighted by atomic mass is 9.73. The Morgan fingerprint density at radius 2 is 1.79 bits per heavy atom. The minimum atomic E-state index is -4.46. The topological polar surface area (TPSA) is 46.4 Å². The zero-order valence-corrected chi connectivity index (χ0v) is 24.6. The van der Waals surface area contributed by atoms with Crippen molar-refractivity contribution in [3.8, 4) is 0 Å². The van der Waals surface area contributed by atoms with Gasteiger partial charge >= 0.3 is 6.18 Å². The molecule has 1 unspecified atom stereocenters. The van der Waals surface area contributed by atoms with Crippen LogP contribution in [-0.2, 0) is 17.5 Å². The first-order valence-electron chi connectivity index (χ1n) is 14.5. The third-order valence-electron chi connectivity index (χ3n) is 9.10. The average molecular weight is 612 g/mol. The fraction of sp³-hybridized carbons (Fsp3) is 0.600. The fourth-order valence-corrected chi connectivity index (χ4v) is 7.18. The van der Waals surface area contributed by atoms with Crippen LogP contribution in [0, 0.1) is 12.8 Å². The van der Waals surface area contributed by atoms with Crippen LogP contribution < -0.4 is 4.90 Å². The molecule has 1 saturated carbocycles. The van der Waals surface area contributed by atoms with Gasteiger partial charge in [0.1, 0.15) is 16.5 Å². The standard InChI is InChI=1S/C30H35ClF5N5O/c1-17-15-40(27(21-12-29(32,33)13-21)20-6-8-22(9-7-20)30(34,35)36)18(2)14-39(17)24-11-25(31)38-28-26(24)37-19(3)41(28)16-23-5-4-10-42-23/h6-9,11,17-18,21,23,27H,4-5,10,12-16H2,1-3H3/t17-,18+,23-,27?/m0/s1. The van der Waals surface area contributed by atoms with Gasteiger partial charge < -0.3 is 14.2 Å². The zero-order valence-electron chi connectivity index (χ0n) is 23.8. The summed E-state index contributed by atoms with van der Waals surface area (Å²) in [6, 6.07) is 6.27. The van der Waals surface area contributed by atoms with E-state index >= 15 is 0 Å². The maximum absolute atomic E-state index is 14.0. The summed E-state index contributed by atoms with van der Waals surface area (Å²) < 4.78 is 75.8. The molecule has 0 amide bonds. The van der Waals surface area contributed by atoms with Gasteiger partial charge in [-0.05, 0) is 57.2 Å². The average Bonchev–Trinajstić information content (AvgIpc) is 3.52. The maximum atomic E-state index is 14.0. The normalized spacial score (nSPS) is 26.1. The van der Waals surface area contributed by atoms with Crippen molar-refractivity contribution in [3.63, 3.8) is 0 Å². The van der Waals surface area contributed by atoms with E-state index in [1.54, 1.807) is 0 Å². The molecule has 0 spiro atoms. The van der Waals surface area contributed by atoms with Gasteiger partial charge in [0.05, 0.1) is 23.9 Å². The molecule has 0 bridgehead atoms. The predicted octanol–water partition coefficient (Wildman–Crippen LogP) is 7.28. The van der Waals surface area contributed by atoms with Crippen LogP contribution in [-0.4, -0.2) is 63.2 Å². The third-order valence-corrected chi connectivity index (χ3v) is 9.30. The third kappa shape index (κ3) is 5.59. The monoisotopic (exact) mass is 611 g/mol. The number of fused-ring (bicyclic) bond motifs is 1. The van der Waals surface area contributed by atoms with Crippen molar-refractivity contribution >= 4 is 28.5 Å². The van der Waals surface area contributed by atoms with E-state index in [2.05, 4.69) is 26.3 Å². The molecule has 6 nitrogen and oxygen atoms in total. The van der Waals surface area contributed by atoms with Crippen LogP contribution in [0.1, 0.15) is 62.5 Å². The molecule has 1 aromatic carbocycles. The Bertz CT molecular complexity index is 1430. The van der Waals surface area contributed by atoms with Crippen molar-refractivity contribution < 1.29 is 26.7 Å². The van der Waals surface area contributed by atoms with E-state index in [1.807, 2.05) is 19.9 Å². The minimum absolute atomic E-state index is 0.0518. The van der Waals surface area contributed by atoms with Gasteiger partial charge in [0.15, 0.2) is 5.65 Å². The number of imidazole rings is 1. The molecule has 2 aliphatic heterocycles. The quantitative estimate of drug-likeness (QED) is 0.217. The summed E-state index contributed by atoms with van der Waals surface area (Å²) in [6.07, 6.45) is -2.90. The highest BCUT2D eigenvalue weighted by atomic mass is 35.5. The number of hydrogen-bond acceptors (Lipinski definition) is 5. The first kappa shape index (κ1) is 29.6. The van der Waals surface area contributed by atoms with Crippen LogP contribution >= 0.6 is 11.6 Å². The molecule has 12 heteroatoms. The highest BCUT2D eigenvalue weighted by Crippen LogP contribution is 2.51. The highest BCUT2D eigenvalue weighted by molar-refractivity contribution is 6.30. The lowest BCUT2D eigenvalue weighted by Crippen LogP contribution is -2.59. The van der Waals surface area contributed by atoms with Crippen LogP contribution in [0.2, 0.25) is 5.15 Å². The van der Waals surface area contributed by atoms with Gasteiger partial charge in [0.2, 0.25) is 5.92 Å². The molecule has 1 aliphatic carbocycles. The highest BCUT2D eigenvalue weighted by Gasteiger charge is 2.51. The number of halogens is 6. The number of aryl methyl sites for hydroxylation is 1. The first-order valence-corrected chi connectivity index (χ1v) is 14.9. The summed E-state index contributed by atoms with van der Waals surface area (Å²) >= 11 is 6.55. The molecule has 42 heavy (non-hydrogen) atoms. The molecule has 4 heterocycles. The Kier molecular flexibility index (Phi) is 7.67. The summed E-state index contributed by atoms with van der Waals surface area (Å²) in [6.45, 7) is 8.54. The Morgan fingerprint density at radius 3 is 2.40 bits per heavy atom. The van der Waals surface area contributed by atoms with Gasteiger partial charge in [0.25, 0.3) is 0 Å². The van der Waals surface area contributed by atoms with Gasteiger partial charge in [-0.3, -0.25) is 4.90 Å². The Balaban J connectivity index is 1.29. The van der Waals surface area contributed by atoms with E-state index < -0.39 is 23.7 Å². The Labute approximate surface area is 246 Å². The molecule has 3 aromatic rings. The van der Waals surface area contributed by atoms with Crippen LogP contribution in [0.4, 0.5) is 27.6 Å². The van der Waals surface area contributed by atoms with Gasteiger partial charge in [0, 0.05) is 56.7 Å². The number of piperazine rings is 1. The zero-order chi connectivity index (χ0) is 30.0. The summed E-state index contributed by atoms with van der Waals surface area (Å²) in [5.41, 5.74) is 2.20. The SMILES string of the molecule is Cc1nc2c(N3C[C@@H](C)N(C(c4ccc(C(F)(F)F)cc4)C4CC(F)(F)C4)C[C@@H]3C)cc(Cl)nc2n1C[C@@H]1CCCO1. The second-order valence-electron chi connectivity index (χ2n) is 12.2. The number of aromatic nitrogens is 3. The summed E-state index contributed by atoms with van der Waals surface area (Å²) in [4.78, 5) is 13.9. The number of nitrogens with zero attached hydrogens (tertiary/aromatic N) is 5. The van der Waals surface area contributed by atoms with Gasteiger partial charge in [-0.1, -0.05) is 23.7 Å². The number of pyridine rings is 1. The predicted molar refractivity (Wildman–Crippen MR) is 151 cm³/mol. The molecule has 0 N–H and O–H groups in total. The number of alkyl halides is 5. The van der Waals surface area contributed by atoms with Gasteiger partial charge in [-0.25, -0.2) is 18.7 Å². The van der Waals surface area contributed by atoms with Gasteiger partial charge in [-0.15, -0.1) is 0 Å². The number of anilines is 1. The lowest BCUT2D eigenvalue weighted by Gasteiger charge is -2.52. The van der Waals surface area contributed by atoms with Crippen LogP contribution in [0.5, 0.6) is 0 Å². The molecule has 228 valence electrons. The minimum Gasteiger partial charge on any atom is -0.376 e. The second kappa shape index (κ2) is 10.9. The summed E-state index contributed by atoms with van der Waals surface area (Å²) in [5, 5.41) is 0.354. The van der Waals surface area contributed by atoms with Crippen LogP contribution in [0.3, 0.4) is 0 Å². The molecular formula is C30H35ClF5N5O. The molecular weight excluding hydrogens is 577 g/mol. The molecule has 3 fully saturated rings. The van der Waals surface area contributed by atoms with E-state index in [0.29, 0.717) is 36.0 Å².